The summed E-state index contributed by atoms with van der Waals surface area (Å²) in [4.78, 5) is 28.1. The number of fused-ring (bicyclic) bond motifs is 1. The number of amides is 1. The standard InChI is InChI=1S/C19H12N2O3S2/c22-17(16-14(18(23)24)7-8-25-16)21-19-20-15(10-26-19)13-6-5-11-3-1-2-4-12(11)9-13/h1-10H,(H,23,24)(H,20,21,22). The lowest BCUT2D eigenvalue weighted by Gasteiger charge is -2.02. The van der Waals surface area contributed by atoms with Crippen LogP contribution in [0.25, 0.3) is 22.0 Å². The summed E-state index contributed by atoms with van der Waals surface area (Å²) in [6.07, 6.45) is 0. The first-order valence-corrected chi connectivity index (χ1v) is 9.44. The van der Waals surface area contributed by atoms with E-state index in [0.717, 1.165) is 33.4 Å². The highest BCUT2D eigenvalue weighted by atomic mass is 32.1. The van der Waals surface area contributed by atoms with Crippen LogP contribution in [-0.2, 0) is 0 Å². The van der Waals surface area contributed by atoms with Crippen LogP contribution in [0, 0.1) is 0 Å². The molecule has 5 nitrogen and oxygen atoms in total. The highest BCUT2D eigenvalue weighted by Gasteiger charge is 2.19. The van der Waals surface area contributed by atoms with Crippen molar-refractivity contribution >= 4 is 50.5 Å². The predicted octanol–water partition coefficient (Wildman–Crippen LogP) is 4.98. The zero-order chi connectivity index (χ0) is 18.1. The molecule has 2 aromatic carbocycles. The second kappa shape index (κ2) is 6.70. The second-order valence-corrected chi connectivity index (χ2v) is 7.30. The summed E-state index contributed by atoms with van der Waals surface area (Å²) in [7, 11) is 0. The van der Waals surface area contributed by atoms with Crippen molar-refractivity contribution in [2.75, 3.05) is 5.32 Å². The molecule has 0 fully saturated rings. The molecule has 128 valence electrons. The van der Waals surface area contributed by atoms with Crippen molar-refractivity contribution in [2.45, 2.75) is 0 Å². The lowest BCUT2D eigenvalue weighted by atomic mass is 10.1. The summed E-state index contributed by atoms with van der Waals surface area (Å²) in [5, 5.41) is 18.0. The Balaban J connectivity index is 1.58. The summed E-state index contributed by atoms with van der Waals surface area (Å²) < 4.78 is 0. The molecule has 26 heavy (non-hydrogen) atoms. The fraction of sp³-hybridized carbons (Fsp3) is 0. The van der Waals surface area contributed by atoms with E-state index < -0.39 is 11.9 Å². The minimum atomic E-state index is -1.12. The number of hydrogen-bond donors (Lipinski definition) is 2. The van der Waals surface area contributed by atoms with Crippen LogP contribution in [0.3, 0.4) is 0 Å². The molecular weight excluding hydrogens is 368 g/mol. The minimum absolute atomic E-state index is 0.00110. The zero-order valence-corrected chi connectivity index (χ0v) is 14.9. The fourth-order valence-electron chi connectivity index (χ4n) is 2.62. The number of anilines is 1. The van der Waals surface area contributed by atoms with Crippen molar-refractivity contribution in [3.63, 3.8) is 0 Å². The van der Waals surface area contributed by atoms with Gasteiger partial charge in [0.25, 0.3) is 5.91 Å². The van der Waals surface area contributed by atoms with E-state index in [-0.39, 0.29) is 10.4 Å². The van der Waals surface area contributed by atoms with E-state index in [1.165, 1.54) is 17.4 Å². The van der Waals surface area contributed by atoms with Crippen LogP contribution in [0.15, 0.2) is 59.3 Å². The molecule has 0 saturated carbocycles. The summed E-state index contributed by atoms with van der Waals surface area (Å²) in [5.41, 5.74) is 1.72. The molecule has 0 aliphatic rings. The average molecular weight is 380 g/mol. The molecule has 2 N–H and O–H groups in total. The van der Waals surface area contributed by atoms with E-state index in [2.05, 4.69) is 16.4 Å². The Bertz CT molecular complexity index is 1130. The van der Waals surface area contributed by atoms with E-state index >= 15 is 0 Å². The van der Waals surface area contributed by atoms with E-state index in [9.17, 15) is 9.59 Å². The number of aromatic nitrogens is 1. The van der Waals surface area contributed by atoms with Gasteiger partial charge in [0, 0.05) is 10.9 Å². The Morgan fingerprint density at radius 2 is 1.81 bits per heavy atom. The Morgan fingerprint density at radius 1 is 1.00 bits per heavy atom. The number of thiophene rings is 1. The number of benzene rings is 2. The maximum atomic E-state index is 12.3. The van der Waals surface area contributed by atoms with Crippen LogP contribution < -0.4 is 5.32 Å². The fourth-order valence-corrected chi connectivity index (χ4v) is 4.12. The lowest BCUT2D eigenvalue weighted by Crippen LogP contribution is -2.13. The summed E-state index contributed by atoms with van der Waals surface area (Å²) in [6.45, 7) is 0. The maximum Gasteiger partial charge on any atom is 0.337 e. The van der Waals surface area contributed by atoms with Crippen molar-refractivity contribution in [3.8, 4) is 11.3 Å². The van der Waals surface area contributed by atoms with Gasteiger partial charge in [-0.15, -0.1) is 22.7 Å². The topological polar surface area (TPSA) is 79.3 Å². The first-order chi connectivity index (χ1) is 12.6. The summed E-state index contributed by atoms with van der Waals surface area (Å²) in [5.74, 6) is -1.58. The number of hydrogen-bond acceptors (Lipinski definition) is 5. The maximum absolute atomic E-state index is 12.3. The molecule has 0 aliphatic carbocycles. The van der Waals surface area contributed by atoms with E-state index in [0.29, 0.717) is 5.13 Å². The van der Waals surface area contributed by atoms with Crippen LogP contribution >= 0.6 is 22.7 Å². The smallest absolute Gasteiger partial charge is 0.337 e. The molecule has 0 unspecified atom stereocenters. The molecule has 1 amide bonds. The number of nitrogens with one attached hydrogen (secondary N) is 1. The number of rotatable bonds is 4. The van der Waals surface area contributed by atoms with Gasteiger partial charge in [-0.1, -0.05) is 36.4 Å². The molecule has 0 spiro atoms. The molecule has 0 saturated heterocycles. The van der Waals surface area contributed by atoms with Crippen molar-refractivity contribution in [2.24, 2.45) is 0 Å². The van der Waals surface area contributed by atoms with E-state index in [4.69, 9.17) is 5.11 Å². The van der Waals surface area contributed by atoms with Gasteiger partial charge in [0.2, 0.25) is 0 Å². The van der Waals surface area contributed by atoms with Crippen LogP contribution in [-0.4, -0.2) is 22.0 Å². The Kier molecular flexibility index (Phi) is 4.24. The van der Waals surface area contributed by atoms with Crippen molar-refractivity contribution in [1.29, 1.82) is 0 Å². The summed E-state index contributed by atoms with van der Waals surface area (Å²) >= 11 is 2.40. The van der Waals surface area contributed by atoms with E-state index in [1.807, 2.05) is 41.8 Å². The van der Waals surface area contributed by atoms with Crippen LogP contribution in [0.2, 0.25) is 0 Å². The first kappa shape index (κ1) is 16.4. The quantitative estimate of drug-likeness (QED) is 0.524. The van der Waals surface area contributed by atoms with Crippen LogP contribution in [0.5, 0.6) is 0 Å². The SMILES string of the molecule is O=C(O)c1ccsc1C(=O)Nc1nc(-c2ccc3ccccc3c2)cs1. The number of carbonyl (C=O) groups excluding carboxylic acids is 1. The third-order valence-electron chi connectivity index (χ3n) is 3.87. The first-order valence-electron chi connectivity index (χ1n) is 7.68. The highest BCUT2D eigenvalue weighted by Crippen LogP contribution is 2.28. The van der Waals surface area contributed by atoms with Crippen LogP contribution in [0.4, 0.5) is 5.13 Å². The molecule has 2 aromatic heterocycles. The molecule has 0 aliphatic heterocycles. The molecule has 4 aromatic rings. The molecule has 0 bridgehead atoms. The van der Waals surface area contributed by atoms with Gasteiger partial charge in [-0.25, -0.2) is 9.78 Å². The van der Waals surface area contributed by atoms with Crippen molar-refractivity contribution in [3.05, 3.63) is 69.7 Å². The van der Waals surface area contributed by atoms with Crippen molar-refractivity contribution in [1.82, 2.24) is 4.98 Å². The molecular formula is C19H12N2O3S2. The van der Waals surface area contributed by atoms with E-state index in [1.54, 1.807) is 5.38 Å². The predicted molar refractivity (Wildman–Crippen MR) is 104 cm³/mol. The van der Waals surface area contributed by atoms with Gasteiger partial charge in [0.1, 0.15) is 4.88 Å². The van der Waals surface area contributed by atoms with Gasteiger partial charge in [0.05, 0.1) is 11.3 Å². The molecule has 4 rings (SSSR count). The number of nitrogens with zero attached hydrogens (tertiary/aromatic N) is 1. The summed E-state index contributed by atoms with van der Waals surface area (Å²) in [6, 6.07) is 15.6. The highest BCUT2D eigenvalue weighted by molar-refractivity contribution is 7.15. The molecule has 7 heteroatoms. The number of carbonyl (C=O) groups is 2. The van der Waals surface area contributed by atoms with Gasteiger partial charge < -0.3 is 5.11 Å². The zero-order valence-electron chi connectivity index (χ0n) is 13.3. The largest absolute Gasteiger partial charge is 0.478 e. The third kappa shape index (κ3) is 3.10. The third-order valence-corrected chi connectivity index (χ3v) is 5.54. The van der Waals surface area contributed by atoms with Gasteiger partial charge in [0.15, 0.2) is 5.13 Å². The number of carboxylic acids is 1. The number of carboxylic acid groups (broad SMARTS) is 1. The lowest BCUT2D eigenvalue weighted by molar-refractivity contribution is 0.0693. The Labute approximate surface area is 156 Å². The Hall–Kier alpha value is -3.03. The van der Waals surface area contributed by atoms with Gasteiger partial charge in [-0.2, -0.15) is 0 Å². The van der Waals surface area contributed by atoms with Gasteiger partial charge >= 0.3 is 5.97 Å². The molecule has 2 heterocycles. The Morgan fingerprint density at radius 3 is 2.62 bits per heavy atom. The molecule has 0 atom stereocenters. The van der Waals surface area contributed by atoms with Crippen LogP contribution in [0.1, 0.15) is 20.0 Å². The van der Waals surface area contributed by atoms with Gasteiger partial charge in [-0.05, 0) is 28.3 Å². The molecule has 0 radical (unpaired) electrons. The normalized spacial score (nSPS) is 10.8. The minimum Gasteiger partial charge on any atom is -0.478 e. The second-order valence-electron chi connectivity index (χ2n) is 5.52. The number of aromatic carboxylic acids is 1. The van der Waals surface area contributed by atoms with Gasteiger partial charge in [-0.3, -0.25) is 10.1 Å². The number of thiazole rings is 1. The van der Waals surface area contributed by atoms with Crippen molar-refractivity contribution < 1.29 is 14.7 Å². The monoisotopic (exact) mass is 380 g/mol. The average Bonchev–Trinajstić information content (AvgIpc) is 3.31.